The third-order valence-corrected chi connectivity index (χ3v) is 1.70. The van der Waals surface area contributed by atoms with E-state index in [1.54, 1.807) is 24.3 Å². The van der Waals surface area contributed by atoms with E-state index in [4.69, 9.17) is 9.84 Å². The molecule has 0 bridgehead atoms. The van der Waals surface area contributed by atoms with Crippen LogP contribution in [0.15, 0.2) is 29.3 Å². The fourth-order valence-electron chi connectivity index (χ4n) is 1.11. The number of aliphatic imine (C=N–C) groups is 1. The molecular formula is C9H10ClNO2. The predicted octanol–water partition coefficient (Wildman–Crippen LogP) is 1.59. The van der Waals surface area contributed by atoms with E-state index >= 15 is 0 Å². The molecule has 0 unspecified atom stereocenters. The number of ether oxygens (including phenoxy) is 1. The Balaban J connectivity index is 0.000000845. The topological polar surface area (TPSA) is 41.8 Å². The van der Waals surface area contributed by atoms with Gasteiger partial charge in [-0.3, -0.25) is 0 Å². The second-order valence-corrected chi connectivity index (χ2v) is 2.58. The van der Waals surface area contributed by atoms with Crippen molar-refractivity contribution in [3.8, 4) is 5.75 Å². The van der Waals surface area contributed by atoms with E-state index in [-0.39, 0.29) is 18.2 Å². The van der Waals surface area contributed by atoms with Crippen LogP contribution in [0.3, 0.4) is 0 Å². The minimum Gasteiger partial charge on any atom is -0.508 e. The summed E-state index contributed by atoms with van der Waals surface area (Å²) in [5, 5.41) is 9.02. The minimum atomic E-state index is 0. The van der Waals surface area contributed by atoms with Crippen LogP contribution in [0.25, 0.3) is 0 Å². The molecule has 0 amide bonds. The number of hydrogen-bond donors (Lipinski definition) is 1. The number of hydrogen-bond acceptors (Lipinski definition) is 3. The first-order valence-corrected chi connectivity index (χ1v) is 3.83. The molecule has 1 aliphatic heterocycles. The Bertz CT molecular complexity index is 308. The maximum atomic E-state index is 9.02. The fraction of sp³-hybridized carbons (Fsp3) is 0.222. The van der Waals surface area contributed by atoms with Gasteiger partial charge in [-0.15, -0.1) is 12.4 Å². The van der Waals surface area contributed by atoms with E-state index in [0.29, 0.717) is 12.5 Å². The van der Waals surface area contributed by atoms with Crippen LogP contribution in [0, 0.1) is 0 Å². The van der Waals surface area contributed by atoms with Crippen LogP contribution in [-0.4, -0.2) is 24.2 Å². The first-order valence-electron chi connectivity index (χ1n) is 3.83. The molecule has 1 aromatic rings. The molecule has 70 valence electrons. The third kappa shape index (κ3) is 2.12. The Kier molecular flexibility index (Phi) is 3.14. The van der Waals surface area contributed by atoms with E-state index in [2.05, 4.69) is 4.99 Å². The van der Waals surface area contributed by atoms with Gasteiger partial charge in [0.15, 0.2) is 0 Å². The summed E-state index contributed by atoms with van der Waals surface area (Å²) < 4.78 is 5.25. The molecule has 0 aliphatic carbocycles. The van der Waals surface area contributed by atoms with Gasteiger partial charge in [0, 0.05) is 5.56 Å². The lowest BCUT2D eigenvalue weighted by atomic mass is 10.2. The van der Waals surface area contributed by atoms with Crippen molar-refractivity contribution in [3.63, 3.8) is 0 Å². The van der Waals surface area contributed by atoms with Crippen molar-refractivity contribution in [3.05, 3.63) is 29.8 Å². The van der Waals surface area contributed by atoms with Gasteiger partial charge in [-0.25, -0.2) is 4.99 Å². The Labute approximate surface area is 82.5 Å². The quantitative estimate of drug-likeness (QED) is 0.747. The summed E-state index contributed by atoms with van der Waals surface area (Å²) in [6.07, 6.45) is 0. The van der Waals surface area contributed by atoms with Crippen molar-refractivity contribution in [1.82, 2.24) is 0 Å². The van der Waals surface area contributed by atoms with Crippen molar-refractivity contribution in [2.75, 3.05) is 13.2 Å². The first-order chi connectivity index (χ1) is 5.86. The van der Waals surface area contributed by atoms with Gasteiger partial charge < -0.3 is 9.84 Å². The van der Waals surface area contributed by atoms with E-state index in [9.17, 15) is 0 Å². The van der Waals surface area contributed by atoms with Crippen LogP contribution in [0.5, 0.6) is 5.75 Å². The van der Waals surface area contributed by atoms with E-state index < -0.39 is 0 Å². The second-order valence-electron chi connectivity index (χ2n) is 2.58. The summed E-state index contributed by atoms with van der Waals surface area (Å²) in [5.74, 6) is 0.937. The van der Waals surface area contributed by atoms with Crippen LogP contribution in [-0.2, 0) is 4.74 Å². The second kappa shape index (κ2) is 4.14. The number of rotatable bonds is 1. The highest BCUT2D eigenvalue weighted by molar-refractivity contribution is 5.94. The Morgan fingerprint density at radius 3 is 2.46 bits per heavy atom. The van der Waals surface area contributed by atoms with E-state index in [0.717, 1.165) is 12.1 Å². The summed E-state index contributed by atoms with van der Waals surface area (Å²) >= 11 is 0. The Hall–Kier alpha value is -1.22. The van der Waals surface area contributed by atoms with Crippen molar-refractivity contribution < 1.29 is 9.84 Å². The molecule has 4 heteroatoms. The number of phenolic OH excluding ortho intramolecular Hbond substituents is 1. The molecule has 0 spiro atoms. The minimum absolute atomic E-state index is 0. The summed E-state index contributed by atoms with van der Waals surface area (Å²) in [6.45, 7) is 1.40. The van der Waals surface area contributed by atoms with Gasteiger partial charge in [0.2, 0.25) is 5.90 Å². The first kappa shape index (κ1) is 9.86. The fourth-order valence-corrected chi connectivity index (χ4v) is 1.11. The Morgan fingerprint density at radius 1 is 1.23 bits per heavy atom. The normalized spacial score (nSPS) is 14.3. The third-order valence-electron chi connectivity index (χ3n) is 1.70. The number of halogens is 1. The molecule has 3 nitrogen and oxygen atoms in total. The number of phenols is 1. The van der Waals surface area contributed by atoms with Gasteiger partial charge in [0.25, 0.3) is 0 Å². The van der Waals surface area contributed by atoms with Crippen LogP contribution in [0.2, 0.25) is 0 Å². The van der Waals surface area contributed by atoms with Gasteiger partial charge in [-0.05, 0) is 24.3 Å². The zero-order valence-corrected chi connectivity index (χ0v) is 7.75. The highest BCUT2D eigenvalue weighted by atomic mass is 35.5. The predicted molar refractivity (Wildman–Crippen MR) is 52.7 cm³/mol. The zero-order valence-electron chi connectivity index (χ0n) is 6.93. The SMILES string of the molecule is Cl.Oc1ccc(C2=NCCO2)cc1. The highest BCUT2D eigenvalue weighted by Gasteiger charge is 2.08. The molecule has 0 aromatic heterocycles. The standard InChI is InChI=1S/C9H9NO2.ClH/c11-8-3-1-7(2-4-8)9-10-5-6-12-9;/h1-4,11H,5-6H2;1H. The van der Waals surface area contributed by atoms with Crippen molar-refractivity contribution in [1.29, 1.82) is 0 Å². The smallest absolute Gasteiger partial charge is 0.216 e. The van der Waals surface area contributed by atoms with E-state index in [1.165, 1.54) is 0 Å². The van der Waals surface area contributed by atoms with Crippen molar-refractivity contribution >= 4 is 18.3 Å². The zero-order chi connectivity index (χ0) is 8.39. The summed E-state index contributed by atoms with van der Waals surface area (Å²) in [7, 11) is 0. The Morgan fingerprint density at radius 2 is 1.92 bits per heavy atom. The molecule has 1 aromatic carbocycles. The summed E-state index contributed by atoms with van der Waals surface area (Å²) in [4.78, 5) is 4.15. The van der Waals surface area contributed by atoms with Gasteiger partial charge in [0.05, 0.1) is 6.54 Å². The maximum Gasteiger partial charge on any atom is 0.216 e. The molecule has 0 saturated heterocycles. The van der Waals surface area contributed by atoms with Crippen molar-refractivity contribution in [2.45, 2.75) is 0 Å². The lowest BCUT2D eigenvalue weighted by molar-refractivity contribution is 0.348. The molecule has 1 N–H and O–H groups in total. The lowest BCUT2D eigenvalue weighted by Gasteiger charge is -2.00. The summed E-state index contributed by atoms with van der Waals surface area (Å²) in [5.41, 5.74) is 0.922. The van der Waals surface area contributed by atoms with Gasteiger partial charge in [-0.2, -0.15) is 0 Å². The average Bonchev–Trinajstić information content (AvgIpc) is 2.58. The molecule has 2 rings (SSSR count). The largest absolute Gasteiger partial charge is 0.508 e. The van der Waals surface area contributed by atoms with Crippen LogP contribution < -0.4 is 0 Å². The highest BCUT2D eigenvalue weighted by Crippen LogP contribution is 2.12. The van der Waals surface area contributed by atoms with Crippen LogP contribution in [0.1, 0.15) is 5.56 Å². The molecule has 0 fully saturated rings. The molecular weight excluding hydrogens is 190 g/mol. The van der Waals surface area contributed by atoms with Gasteiger partial charge >= 0.3 is 0 Å². The van der Waals surface area contributed by atoms with Crippen molar-refractivity contribution in [2.24, 2.45) is 4.99 Å². The molecule has 1 heterocycles. The molecule has 1 aliphatic rings. The average molecular weight is 200 g/mol. The molecule has 13 heavy (non-hydrogen) atoms. The lowest BCUT2D eigenvalue weighted by Crippen LogP contribution is -1.99. The number of benzene rings is 1. The van der Waals surface area contributed by atoms with Crippen LogP contribution >= 0.6 is 12.4 Å². The molecule has 0 atom stereocenters. The molecule has 0 saturated carbocycles. The summed E-state index contributed by atoms with van der Waals surface area (Å²) in [6, 6.07) is 6.83. The maximum absolute atomic E-state index is 9.02. The molecule has 0 radical (unpaired) electrons. The number of nitrogens with zero attached hydrogens (tertiary/aromatic N) is 1. The monoisotopic (exact) mass is 199 g/mol. The van der Waals surface area contributed by atoms with Gasteiger partial charge in [0.1, 0.15) is 12.4 Å². The number of aromatic hydroxyl groups is 1. The van der Waals surface area contributed by atoms with Crippen LogP contribution in [0.4, 0.5) is 0 Å². The van der Waals surface area contributed by atoms with E-state index in [1.807, 2.05) is 0 Å². The van der Waals surface area contributed by atoms with Gasteiger partial charge in [-0.1, -0.05) is 0 Å².